The molecule has 198 valence electrons. The summed E-state index contributed by atoms with van der Waals surface area (Å²) in [5.74, 6) is 0.379. The van der Waals surface area contributed by atoms with Crippen molar-refractivity contribution < 1.29 is 14.7 Å². The van der Waals surface area contributed by atoms with Crippen molar-refractivity contribution in [1.82, 2.24) is 14.8 Å². The number of aliphatic carboxylic acids is 1. The predicted octanol–water partition coefficient (Wildman–Crippen LogP) is 4.12. The van der Waals surface area contributed by atoms with Crippen molar-refractivity contribution in [3.05, 3.63) is 96.2 Å². The Kier molecular flexibility index (Phi) is 8.34. The quantitative estimate of drug-likeness (QED) is 0.465. The van der Waals surface area contributed by atoms with E-state index in [0.29, 0.717) is 18.9 Å². The highest BCUT2D eigenvalue weighted by Gasteiger charge is 2.37. The SMILES string of the molecule is O=C(O)CCC1CCN(CC2CN(c3ccccn3)CCN2C(=O)C(c2ccccc2)c2ccccc2)C1. The second kappa shape index (κ2) is 12.2. The molecule has 0 aliphatic carbocycles. The standard InChI is InChI=1S/C31H36N4O3/c36-29(37)15-14-24-16-18-33(21-24)22-27-23-34(28-13-7-8-17-32-28)19-20-35(27)31(38)30(25-9-3-1-4-10-25)26-11-5-2-6-12-26/h1-13,17,24,27,30H,14-16,18-23H2,(H,36,37). The molecule has 2 fully saturated rings. The summed E-state index contributed by atoms with van der Waals surface area (Å²) < 4.78 is 0. The van der Waals surface area contributed by atoms with Gasteiger partial charge in [-0.1, -0.05) is 66.7 Å². The van der Waals surface area contributed by atoms with Crippen molar-refractivity contribution in [2.75, 3.05) is 44.2 Å². The Labute approximate surface area is 224 Å². The number of hydrogen-bond acceptors (Lipinski definition) is 5. The van der Waals surface area contributed by atoms with Crippen LogP contribution in [0.2, 0.25) is 0 Å². The van der Waals surface area contributed by atoms with Crippen LogP contribution in [0.5, 0.6) is 0 Å². The van der Waals surface area contributed by atoms with E-state index in [4.69, 9.17) is 5.11 Å². The molecule has 7 nitrogen and oxygen atoms in total. The average Bonchev–Trinajstić information content (AvgIpc) is 3.41. The molecule has 2 aliphatic rings. The monoisotopic (exact) mass is 512 g/mol. The van der Waals surface area contributed by atoms with Crippen LogP contribution in [0.15, 0.2) is 85.1 Å². The largest absolute Gasteiger partial charge is 0.481 e. The lowest BCUT2D eigenvalue weighted by atomic mass is 9.89. The minimum Gasteiger partial charge on any atom is -0.481 e. The average molecular weight is 513 g/mol. The third kappa shape index (κ3) is 6.22. The second-order valence-corrected chi connectivity index (χ2v) is 10.4. The molecule has 5 rings (SSSR count). The van der Waals surface area contributed by atoms with Gasteiger partial charge in [-0.3, -0.25) is 9.59 Å². The smallest absolute Gasteiger partial charge is 0.303 e. The first-order chi connectivity index (χ1) is 18.6. The minimum atomic E-state index is -0.730. The van der Waals surface area contributed by atoms with E-state index in [-0.39, 0.29) is 24.3 Å². The number of nitrogens with zero attached hydrogens (tertiary/aromatic N) is 4. The number of carbonyl (C=O) groups excluding carboxylic acids is 1. The maximum atomic E-state index is 14.4. The number of carbonyl (C=O) groups is 2. The molecule has 2 unspecified atom stereocenters. The zero-order valence-electron chi connectivity index (χ0n) is 21.7. The molecule has 2 aromatic carbocycles. The molecule has 0 bridgehead atoms. The number of carboxylic acid groups (broad SMARTS) is 1. The Morgan fingerprint density at radius 3 is 2.18 bits per heavy atom. The summed E-state index contributed by atoms with van der Waals surface area (Å²) in [6.07, 6.45) is 3.75. The van der Waals surface area contributed by atoms with Crippen LogP contribution >= 0.6 is 0 Å². The topological polar surface area (TPSA) is 77.0 Å². The number of anilines is 1. The molecule has 2 atom stereocenters. The molecular formula is C31H36N4O3. The lowest BCUT2D eigenvalue weighted by Crippen LogP contribution is -2.59. The number of amides is 1. The molecule has 38 heavy (non-hydrogen) atoms. The van der Waals surface area contributed by atoms with Crippen molar-refractivity contribution in [2.24, 2.45) is 5.92 Å². The molecule has 0 spiro atoms. The van der Waals surface area contributed by atoms with E-state index in [1.165, 1.54) is 0 Å². The fourth-order valence-corrected chi connectivity index (χ4v) is 5.92. The van der Waals surface area contributed by atoms with Crippen molar-refractivity contribution >= 4 is 17.7 Å². The van der Waals surface area contributed by atoms with Crippen molar-refractivity contribution in [3.63, 3.8) is 0 Å². The highest BCUT2D eigenvalue weighted by atomic mass is 16.4. The maximum Gasteiger partial charge on any atom is 0.303 e. The van der Waals surface area contributed by atoms with E-state index < -0.39 is 5.97 Å². The van der Waals surface area contributed by atoms with Crippen LogP contribution in [-0.4, -0.2) is 77.1 Å². The Hall–Kier alpha value is -3.71. The second-order valence-electron chi connectivity index (χ2n) is 10.4. The molecule has 0 radical (unpaired) electrons. The van der Waals surface area contributed by atoms with Gasteiger partial charge in [0.15, 0.2) is 0 Å². The third-order valence-corrected chi connectivity index (χ3v) is 7.86. The molecular weight excluding hydrogens is 476 g/mol. The summed E-state index contributed by atoms with van der Waals surface area (Å²) in [5, 5.41) is 9.10. The lowest BCUT2D eigenvalue weighted by Gasteiger charge is -2.44. The van der Waals surface area contributed by atoms with Gasteiger partial charge in [-0.15, -0.1) is 0 Å². The molecule has 1 aromatic heterocycles. The Morgan fingerprint density at radius 1 is 0.868 bits per heavy atom. The van der Waals surface area contributed by atoms with E-state index in [1.807, 2.05) is 85.1 Å². The summed E-state index contributed by atoms with van der Waals surface area (Å²) >= 11 is 0. The summed E-state index contributed by atoms with van der Waals surface area (Å²) in [7, 11) is 0. The van der Waals surface area contributed by atoms with E-state index in [2.05, 4.69) is 19.7 Å². The van der Waals surface area contributed by atoms with Gasteiger partial charge in [-0.05, 0) is 48.6 Å². The Balaban J connectivity index is 1.39. The van der Waals surface area contributed by atoms with Crippen LogP contribution in [0.4, 0.5) is 5.82 Å². The van der Waals surface area contributed by atoms with Gasteiger partial charge in [0.25, 0.3) is 0 Å². The minimum absolute atomic E-state index is 0.00593. The molecule has 7 heteroatoms. The van der Waals surface area contributed by atoms with E-state index in [1.54, 1.807) is 0 Å². The van der Waals surface area contributed by atoms with Gasteiger partial charge in [0.05, 0.1) is 12.0 Å². The zero-order valence-corrected chi connectivity index (χ0v) is 21.7. The number of rotatable bonds is 9. The number of benzene rings is 2. The van der Waals surface area contributed by atoms with Gasteiger partial charge in [0.2, 0.25) is 5.91 Å². The Morgan fingerprint density at radius 2 is 1.55 bits per heavy atom. The summed E-state index contributed by atoms with van der Waals surface area (Å²) in [4.78, 5) is 36.8. The molecule has 3 aromatic rings. The fraction of sp³-hybridized carbons (Fsp3) is 0.387. The highest BCUT2D eigenvalue weighted by Crippen LogP contribution is 2.30. The molecule has 2 aliphatic heterocycles. The van der Waals surface area contributed by atoms with Crippen LogP contribution in [0.3, 0.4) is 0 Å². The third-order valence-electron chi connectivity index (χ3n) is 7.86. The first-order valence-electron chi connectivity index (χ1n) is 13.6. The number of carboxylic acids is 1. The van der Waals surface area contributed by atoms with E-state index >= 15 is 0 Å². The van der Waals surface area contributed by atoms with Gasteiger partial charge in [0, 0.05) is 45.3 Å². The molecule has 1 N–H and O–H groups in total. The Bertz CT molecular complexity index is 1150. The number of hydrogen-bond donors (Lipinski definition) is 1. The fourth-order valence-electron chi connectivity index (χ4n) is 5.92. The van der Waals surface area contributed by atoms with Crippen LogP contribution in [0.1, 0.15) is 36.3 Å². The molecule has 3 heterocycles. The number of piperazine rings is 1. The normalized spacial score (nSPS) is 20.1. The summed E-state index contributed by atoms with van der Waals surface area (Å²) in [6.45, 7) is 4.68. The van der Waals surface area contributed by atoms with Crippen molar-refractivity contribution in [1.29, 1.82) is 0 Å². The lowest BCUT2D eigenvalue weighted by molar-refractivity contribution is -0.137. The molecule has 2 saturated heterocycles. The summed E-state index contributed by atoms with van der Waals surface area (Å²) in [6, 6.07) is 26.1. The van der Waals surface area contributed by atoms with Crippen molar-refractivity contribution in [2.45, 2.75) is 31.2 Å². The molecule has 0 saturated carbocycles. The van der Waals surface area contributed by atoms with Gasteiger partial charge < -0.3 is 19.8 Å². The van der Waals surface area contributed by atoms with E-state index in [9.17, 15) is 9.59 Å². The van der Waals surface area contributed by atoms with Crippen LogP contribution in [0.25, 0.3) is 0 Å². The highest BCUT2D eigenvalue weighted by molar-refractivity contribution is 5.87. The van der Waals surface area contributed by atoms with Gasteiger partial charge in [-0.25, -0.2) is 4.98 Å². The number of pyridine rings is 1. The van der Waals surface area contributed by atoms with Gasteiger partial charge in [-0.2, -0.15) is 0 Å². The van der Waals surface area contributed by atoms with Gasteiger partial charge >= 0.3 is 5.97 Å². The van der Waals surface area contributed by atoms with Crippen LogP contribution in [-0.2, 0) is 9.59 Å². The predicted molar refractivity (Wildman–Crippen MR) is 148 cm³/mol. The molecule has 1 amide bonds. The summed E-state index contributed by atoms with van der Waals surface area (Å²) in [5.41, 5.74) is 2.01. The zero-order chi connectivity index (χ0) is 26.3. The van der Waals surface area contributed by atoms with E-state index in [0.717, 1.165) is 56.1 Å². The van der Waals surface area contributed by atoms with Crippen LogP contribution < -0.4 is 4.90 Å². The first kappa shape index (κ1) is 25.9. The first-order valence-corrected chi connectivity index (χ1v) is 13.6. The number of likely N-dealkylation sites (tertiary alicyclic amines) is 1. The van der Waals surface area contributed by atoms with Crippen LogP contribution in [0, 0.1) is 5.92 Å². The van der Waals surface area contributed by atoms with Gasteiger partial charge in [0.1, 0.15) is 5.82 Å². The number of aromatic nitrogens is 1. The maximum absolute atomic E-state index is 14.4. The van der Waals surface area contributed by atoms with Crippen molar-refractivity contribution in [3.8, 4) is 0 Å².